The lowest BCUT2D eigenvalue weighted by Gasteiger charge is -2.43. The normalized spacial score (nSPS) is 21.6. The molecule has 90 valence electrons. The molecule has 0 aliphatic carbocycles. The smallest absolute Gasteiger partial charge is 0.256 e. The number of halogens is 1. The minimum absolute atomic E-state index is 0.0590. The van der Waals surface area contributed by atoms with Gasteiger partial charge in [-0.2, -0.15) is 11.8 Å². The number of carbonyl (C=O) groups excluding carboxylic acids is 1. The van der Waals surface area contributed by atoms with E-state index in [2.05, 4.69) is 10.6 Å². The van der Waals surface area contributed by atoms with E-state index in [1.807, 2.05) is 23.9 Å². The zero-order valence-corrected chi connectivity index (χ0v) is 10.8. The molecule has 1 amide bonds. The maximum atomic E-state index is 12.1. The lowest BCUT2D eigenvalue weighted by atomic mass is 9.97. The highest BCUT2D eigenvalue weighted by Gasteiger charge is 2.39. The van der Waals surface area contributed by atoms with Crippen molar-refractivity contribution in [2.24, 2.45) is 0 Å². The molecule has 1 aromatic carbocycles. The van der Waals surface area contributed by atoms with Crippen LogP contribution in [0, 0.1) is 0 Å². The maximum absolute atomic E-state index is 12.1. The van der Waals surface area contributed by atoms with E-state index in [0.717, 1.165) is 30.0 Å². The van der Waals surface area contributed by atoms with Crippen molar-refractivity contribution < 1.29 is 4.79 Å². The third-order valence-electron chi connectivity index (χ3n) is 3.31. The molecule has 1 spiro atoms. The lowest BCUT2D eigenvalue weighted by molar-refractivity contribution is 0.0895. The molecule has 3 rings (SSSR count). The summed E-state index contributed by atoms with van der Waals surface area (Å²) >= 11 is 7.99. The summed E-state index contributed by atoms with van der Waals surface area (Å²) in [5, 5.41) is 7.04. The van der Waals surface area contributed by atoms with Crippen molar-refractivity contribution in [2.75, 3.05) is 16.8 Å². The second-order valence-corrected chi connectivity index (χ2v) is 6.07. The van der Waals surface area contributed by atoms with Crippen LogP contribution in [0.15, 0.2) is 18.2 Å². The highest BCUT2D eigenvalue weighted by molar-refractivity contribution is 7.99. The van der Waals surface area contributed by atoms with E-state index in [0.29, 0.717) is 10.6 Å². The second kappa shape index (κ2) is 4.10. The first-order chi connectivity index (χ1) is 8.20. The average molecular weight is 269 g/mol. The topological polar surface area (TPSA) is 41.1 Å². The molecule has 2 N–H and O–H groups in total. The van der Waals surface area contributed by atoms with Crippen LogP contribution in [0.25, 0.3) is 0 Å². The summed E-state index contributed by atoms with van der Waals surface area (Å²) in [4.78, 5) is 12.1. The SMILES string of the molecule is O=C1NC2(CCSCC2)Nc2cccc(Cl)c21. The highest BCUT2D eigenvalue weighted by atomic mass is 35.5. The van der Waals surface area contributed by atoms with Crippen LogP contribution in [0.1, 0.15) is 23.2 Å². The Morgan fingerprint density at radius 3 is 2.76 bits per heavy atom. The van der Waals surface area contributed by atoms with Crippen molar-refractivity contribution >= 4 is 35.0 Å². The highest BCUT2D eigenvalue weighted by Crippen LogP contribution is 2.35. The fourth-order valence-electron chi connectivity index (χ4n) is 2.40. The van der Waals surface area contributed by atoms with Gasteiger partial charge in [-0.25, -0.2) is 0 Å². The Balaban J connectivity index is 2.00. The Morgan fingerprint density at radius 2 is 2.00 bits per heavy atom. The number of hydrogen-bond donors (Lipinski definition) is 2. The number of hydrogen-bond acceptors (Lipinski definition) is 3. The van der Waals surface area contributed by atoms with Gasteiger partial charge in [-0.15, -0.1) is 0 Å². The molecule has 0 atom stereocenters. The molecule has 2 aliphatic heterocycles. The largest absolute Gasteiger partial charge is 0.362 e. The summed E-state index contributed by atoms with van der Waals surface area (Å²) in [7, 11) is 0. The monoisotopic (exact) mass is 268 g/mol. The first kappa shape index (κ1) is 11.2. The zero-order valence-electron chi connectivity index (χ0n) is 9.25. The number of amides is 1. The number of fused-ring (bicyclic) bond motifs is 1. The Hall–Kier alpha value is -0.870. The fourth-order valence-corrected chi connectivity index (χ4v) is 3.85. The number of nitrogens with one attached hydrogen (secondary N) is 2. The van der Waals surface area contributed by atoms with Crippen molar-refractivity contribution in [1.82, 2.24) is 5.32 Å². The molecule has 0 saturated carbocycles. The molecule has 1 fully saturated rings. The van der Waals surface area contributed by atoms with Crippen molar-refractivity contribution in [1.29, 1.82) is 0 Å². The minimum Gasteiger partial charge on any atom is -0.362 e. The van der Waals surface area contributed by atoms with Crippen molar-refractivity contribution in [3.63, 3.8) is 0 Å². The molecule has 0 radical (unpaired) electrons. The molecular formula is C12H13ClN2OS. The van der Waals surface area contributed by atoms with Crippen LogP contribution in [0.2, 0.25) is 5.02 Å². The quantitative estimate of drug-likeness (QED) is 0.760. The Kier molecular flexibility index (Phi) is 2.71. The maximum Gasteiger partial charge on any atom is 0.256 e. The van der Waals surface area contributed by atoms with Crippen LogP contribution < -0.4 is 10.6 Å². The number of benzene rings is 1. The van der Waals surface area contributed by atoms with Gasteiger partial charge in [0.2, 0.25) is 0 Å². The van der Waals surface area contributed by atoms with E-state index < -0.39 is 0 Å². The predicted octanol–water partition coefficient (Wildman–Crippen LogP) is 2.72. The van der Waals surface area contributed by atoms with Crippen LogP contribution in [-0.4, -0.2) is 23.1 Å². The van der Waals surface area contributed by atoms with Gasteiger partial charge in [-0.1, -0.05) is 17.7 Å². The average Bonchev–Trinajstić information content (AvgIpc) is 2.29. The van der Waals surface area contributed by atoms with Gasteiger partial charge in [0.05, 0.1) is 16.3 Å². The van der Waals surface area contributed by atoms with Crippen LogP contribution in [0.3, 0.4) is 0 Å². The standard InChI is InChI=1S/C12H13ClN2OS/c13-8-2-1-3-9-10(8)11(16)15-12(14-9)4-6-17-7-5-12/h1-3,14H,4-7H2,(H,15,16). The summed E-state index contributed by atoms with van der Waals surface area (Å²) in [5.74, 6) is 2.09. The molecule has 2 heterocycles. The number of carbonyl (C=O) groups is 1. The molecule has 0 bridgehead atoms. The van der Waals surface area contributed by atoms with E-state index in [4.69, 9.17) is 11.6 Å². The number of anilines is 1. The summed E-state index contributed by atoms with van der Waals surface area (Å²) in [6.45, 7) is 0. The van der Waals surface area contributed by atoms with Crippen LogP contribution in [0.5, 0.6) is 0 Å². The molecular weight excluding hydrogens is 256 g/mol. The van der Waals surface area contributed by atoms with Crippen LogP contribution in [0.4, 0.5) is 5.69 Å². The molecule has 1 aromatic rings. The summed E-state index contributed by atoms with van der Waals surface area (Å²) in [5.41, 5.74) is 1.16. The lowest BCUT2D eigenvalue weighted by Crippen LogP contribution is -2.59. The predicted molar refractivity (Wildman–Crippen MR) is 71.8 cm³/mol. The van der Waals surface area contributed by atoms with Gasteiger partial charge in [0.1, 0.15) is 5.66 Å². The Bertz CT molecular complexity index is 472. The minimum atomic E-state index is -0.264. The van der Waals surface area contributed by atoms with E-state index in [9.17, 15) is 4.79 Å². The Morgan fingerprint density at radius 1 is 1.24 bits per heavy atom. The third-order valence-corrected chi connectivity index (χ3v) is 4.61. The van der Waals surface area contributed by atoms with Crippen LogP contribution >= 0.6 is 23.4 Å². The van der Waals surface area contributed by atoms with E-state index in [-0.39, 0.29) is 11.6 Å². The van der Waals surface area contributed by atoms with Gasteiger partial charge in [-0.3, -0.25) is 4.79 Å². The molecule has 5 heteroatoms. The molecule has 3 nitrogen and oxygen atoms in total. The summed E-state index contributed by atoms with van der Waals surface area (Å²) in [6.07, 6.45) is 1.91. The second-order valence-electron chi connectivity index (χ2n) is 4.44. The van der Waals surface area contributed by atoms with Gasteiger partial charge in [0.25, 0.3) is 5.91 Å². The zero-order chi connectivity index (χ0) is 11.9. The number of thioether (sulfide) groups is 1. The van der Waals surface area contributed by atoms with Gasteiger partial charge in [-0.05, 0) is 36.5 Å². The first-order valence-electron chi connectivity index (χ1n) is 5.67. The Labute approximate surface area is 109 Å². The first-order valence-corrected chi connectivity index (χ1v) is 7.20. The molecule has 2 aliphatic rings. The van der Waals surface area contributed by atoms with Gasteiger partial charge in [0, 0.05) is 0 Å². The van der Waals surface area contributed by atoms with Crippen LogP contribution in [-0.2, 0) is 0 Å². The van der Waals surface area contributed by atoms with Crippen molar-refractivity contribution in [3.8, 4) is 0 Å². The molecule has 0 aromatic heterocycles. The molecule has 1 saturated heterocycles. The van der Waals surface area contributed by atoms with E-state index >= 15 is 0 Å². The summed E-state index contributed by atoms with van der Waals surface area (Å²) < 4.78 is 0. The number of rotatable bonds is 0. The van der Waals surface area contributed by atoms with Crippen molar-refractivity contribution in [2.45, 2.75) is 18.5 Å². The molecule has 17 heavy (non-hydrogen) atoms. The summed E-state index contributed by atoms with van der Waals surface area (Å²) in [6, 6.07) is 5.54. The van der Waals surface area contributed by atoms with Gasteiger partial charge in [0.15, 0.2) is 0 Å². The molecule has 0 unspecified atom stereocenters. The van der Waals surface area contributed by atoms with E-state index in [1.54, 1.807) is 6.07 Å². The van der Waals surface area contributed by atoms with Gasteiger partial charge < -0.3 is 10.6 Å². The third kappa shape index (κ3) is 1.89. The van der Waals surface area contributed by atoms with Crippen molar-refractivity contribution in [3.05, 3.63) is 28.8 Å². The van der Waals surface area contributed by atoms with Gasteiger partial charge >= 0.3 is 0 Å². The fraction of sp³-hybridized carbons (Fsp3) is 0.417. The van der Waals surface area contributed by atoms with E-state index in [1.165, 1.54) is 0 Å².